The fourth-order valence-electron chi connectivity index (χ4n) is 3.61. The summed E-state index contributed by atoms with van der Waals surface area (Å²) in [7, 11) is 3.73. The van der Waals surface area contributed by atoms with E-state index in [0.717, 1.165) is 34.9 Å². The molecule has 8 heteroatoms. The molecule has 1 aromatic carbocycles. The molecule has 8 nitrogen and oxygen atoms in total. The second-order valence-electron chi connectivity index (χ2n) is 7.23. The van der Waals surface area contributed by atoms with E-state index < -0.39 is 12.1 Å². The van der Waals surface area contributed by atoms with Crippen molar-refractivity contribution >= 4 is 29.4 Å². The molecule has 0 saturated carbocycles. The normalized spacial score (nSPS) is 18.9. The Labute approximate surface area is 174 Å². The van der Waals surface area contributed by atoms with Crippen molar-refractivity contribution < 1.29 is 14.3 Å². The number of carbonyl (C=O) groups is 2. The first-order chi connectivity index (χ1) is 14.5. The number of imide groups is 1. The highest BCUT2D eigenvalue weighted by atomic mass is 16.5. The molecule has 1 unspecified atom stereocenters. The second-order valence-corrected chi connectivity index (χ2v) is 7.23. The van der Waals surface area contributed by atoms with Crippen molar-refractivity contribution in [2.75, 3.05) is 26.0 Å². The average Bonchev–Trinajstić information content (AvgIpc) is 3.25. The van der Waals surface area contributed by atoms with Gasteiger partial charge in [-0.05, 0) is 41.5 Å². The Morgan fingerprint density at radius 2 is 2.10 bits per heavy atom. The average molecular weight is 405 g/mol. The van der Waals surface area contributed by atoms with Gasteiger partial charge >= 0.3 is 6.03 Å². The third kappa shape index (κ3) is 3.71. The summed E-state index contributed by atoms with van der Waals surface area (Å²) in [6.07, 6.45) is 3.52. The highest BCUT2D eigenvalue weighted by molar-refractivity contribution is 6.06. The Morgan fingerprint density at radius 3 is 2.83 bits per heavy atom. The van der Waals surface area contributed by atoms with E-state index in [1.807, 2.05) is 30.3 Å². The fourth-order valence-corrected chi connectivity index (χ4v) is 3.61. The van der Waals surface area contributed by atoms with Gasteiger partial charge in [0.2, 0.25) is 0 Å². The number of ether oxygens (including phenoxy) is 1. The minimum atomic E-state index is -0.592. The number of amides is 3. The minimum absolute atomic E-state index is 0.317. The fraction of sp³-hybridized carbons (Fsp3) is 0.227. The second kappa shape index (κ2) is 7.90. The van der Waals surface area contributed by atoms with Crippen molar-refractivity contribution in [1.82, 2.24) is 20.5 Å². The van der Waals surface area contributed by atoms with Crippen molar-refractivity contribution in [2.24, 2.45) is 0 Å². The Morgan fingerprint density at radius 1 is 1.27 bits per heavy atom. The molecule has 1 fully saturated rings. The summed E-state index contributed by atoms with van der Waals surface area (Å²) in [5.41, 5.74) is 6.13. The Kier molecular flexibility index (Phi) is 5.14. The summed E-state index contributed by atoms with van der Waals surface area (Å²) in [4.78, 5) is 28.9. The van der Waals surface area contributed by atoms with Gasteiger partial charge in [0.15, 0.2) is 0 Å². The molecule has 0 bridgehead atoms. The highest BCUT2D eigenvalue weighted by Gasteiger charge is 2.33. The molecule has 3 aliphatic rings. The number of anilines is 1. The van der Waals surface area contributed by atoms with Gasteiger partial charge in [-0.2, -0.15) is 0 Å². The van der Waals surface area contributed by atoms with Crippen LogP contribution in [0.15, 0.2) is 48.7 Å². The number of methoxy groups -OCH3 is 1. The van der Waals surface area contributed by atoms with Crippen LogP contribution >= 0.6 is 0 Å². The lowest BCUT2D eigenvalue weighted by Crippen LogP contribution is -2.34. The molecule has 3 amide bonds. The van der Waals surface area contributed by atoms with Gasteiger partial charge in [-0.3, -0.25) is 15.1 Å². The van der Waals surface area contributed by atoms with Gasteiger partial charge in [0.05, 0.1) is 18.5 Å². The van der Waals surface area contributed by atoms with Crippen LogP contribution in [0.5, 0.6) is 5.75 Å². The van der Waals surface area contributed by atoms with Gasteiger partial charge in [-0.25, -0.2) is 4.79 Å². The molecule has 0 spiro atoms. The quantitative estimate of drug-likeness (QED) is 0.663. The van der Waals surface area contributed by atoms with E-state index in [4.69, 9.17) is 4.74 Å². The van der Waals surface area contributed by atoms with Gasteiger partial charge in [-0.15, -0.1) is 0 Å². The van der Waals surface area contributed by atoms with Crippen molar-refractivity contribution in [2.45, 2.75) is 12.6 Å². The maximum Gasteiger partial charge on any atom is 0.322 e. The van der Waals surface area contributed by atoms with Crippen LogP contribution in [0.2, 0.25) is 0 Å². The van der Waals surface area contributed by atoms with Gasteiger partial charge in [0.25, 0.3) is 5.91 Å². The summed E-state index contributed by atoms with van der Waals surface area (Å²) < 4.78 is 5.16. The molecule has 4 heterocycles. The Balaban J connectivity index is 0.000000151. The largest absolute Gasteiger partial charge is 0.497 e. The van der Waals surface area contributed by atoms with Crippen molar-refractivity contribution in [1.29, 1.82) is 0 Å². The standard InChI is InChI=1S/C11H10N4O2.C11H13NO/c16-10-9(14-11(17)15-10)6-4-8-7(13-5-6)2-1-3-12-8;1-8-11-6-10(13-3)5-4-9(11)7-12(8)2/h1-4,9,13H,5H2,(H2,14,15,16,17);4-6H,1,7H2,2-3H3. The first-order valence-corrected chi connectivity index (χ1v) is 9.54. The van der Waals surface area contributed by atoms with E-state index in [0.29, 0.717) is 6.54 Å². The molecular weight excluding hydrogens is 382 g/mol. The van der Waals surface area contributed by atoms with Crippen LogP contribution < -0.4 is 20.7 Å². The molecule has 5 rings (SSSR count). The van der Waals surface area contributed by atoms with Crippen LogP contribution in [-0.4, -0.2) is 48.6 Å². The molecular formula is C22H23N5O3. The van der Waals surface area contributed by atoms with E-state index in [1.165, 1.54) is 11.1 Å². The van der Waals surface area contributed by atoms with Gasteiger partial charge in [-0.1, -0.05) is 12.6 Å². The summed E-state index contributed by atoms with van der Waals surface area (Å²) >= 11 is 0. The minimum Gasteiger partial charge on any atom is -0.497 e. The van der Waals surface area contributed by atoms with Gasteiger partial charge in [0.1, 0.15) is 11.8 Å². The smallest absolute Gasteiger partial charge is 0.322 e. The Hall–Kier alpha value is -3.81. The lowest BCUT2D eigenvalue weighted by Gasteiger charge is -2.20. The van der Waals surface area contributed by atoms with Crippen LogP contribution in [0, 0.1) is 0 Å². The topological polar surface area (TPSA) is 95.6 Å². The molecule has 30 heavy (non-hydrogen) atoms. The van der Waals surface area contributed by atoms with Crippen molar-refractivity contribution in [3.8, 4) is 5.75 Å². The SMILES string of the molecule is C=C1c2cc(OC)ccc2CN1C.O=C1NC(=O)C(C2=Cc3ncccc3NC2)N1. The summed E-state index contributed by atoms with van der Waals surface area (Å²) in [6, 6.07) is 8.85. The van der Waals surface area contributed by atoms with Crippen molar-refractivity contribution in [3.63, 3.8) is 0 Å². The number of pyridine rings is 1. The van der Waals surface area contributed by atoms with E-state index in [-0.39, 0.29) is 5.91 Å². The predicted octanol–water partition coefficient (Wildman–Crippen LogP) is 2.21. The third-order valence-electron chi connectivity index (χ3n) is 5.28. The van der Waals surface area contributed by atoms with Crippen LogP contribution in [0.3, 0.4) is 0 Å². The van der Waals surface area contributed by atoms with Gasteiger partial charge < -0.3 is 20.3 Å². The Bertz CT molecular complexity index is 1060. The van der Waals surface area contributed by atoms with Crippen molar-refractivity contribution in [3.05, 3.63) is 65.5 Å². The molecule has 3 N–H and O–H groups in total. The molecule has 3 aliphatic heterocycles. The summed E-state index contributed by atoms with van der Waals surface area (Å²) in [6.45, 7) is 5.50. The number of nitrogens with one attached hydrogen (secondary N) is 3. The maximum atomic E-state index is 11.5. The molecule has 1 atom stereocenters. The van der Waals surface area contributed by atoms with E-state index in [2.05, 4.69) is 45.5 Å². The van der Waals surface area contributed by atoms with Crippen LogP contribution in [-0.2, 0) is 11.3 Å². The number of hydrogen-bond acceptors (Lipinski definition) is 6. The van der Waals surface area contributed by atoms with E-state index >= 15 is 0 Å². The van der Waals surface area contributed by atoms with Gasteiger partial charge in [0, 0.05) is 37.6 Å². The lowest BCUT2D eigenvalue weighted by atomic mass is 10.0. The molecule has 154 valence electrons. The van der Waals surface area contributed by atoms with Crippen LogP contribution in [0.1, 0.15) is 16.8 Å². The lowest BCUT2D eigenvalue weighted by molar-refractivity contribution is -0.119. The number of fused-ring (bicyclic) bond motifs is 2. The number of carbonyl (C=O) groups excluding carboxylic acids is 2. The maximum absolute atomic E-state index is 11.5. The number of urea groups is 1. The molecule has 0 aliphatic carbocycles. The molecule has 0 radical (unpaired) electrons. The summed E-state index contributed by atoms with van der Waals surface area (Å²) in [5.74, 6) is 0.581. The van der Waals surface area contributed by atoms with Crippen LogP contribution in [0.4, 0.5) is 10.5 Å². The number of nitrogens with zero attached hydrogens (tertiary/aromatic N) is 2. The van der Waals surface area contributed by atoms with Crippen LogP contribution in [0.25, 0.3) is 11.8 Å². The number of rotatable bonds is 2. The zero-order valence-corrected chi connectivity index (χ0v) is 16.9. The number of hydrogen-bond donors (Lipinski definition) is 3. The zero-order valence-electron chi connectivity index (χ0n) is 16.9. The zero-order chi connectivity index (χ0) is 21.3. The summed E-state index contributed by atoms with van der Waals surface area (Å²) in [5, 5.41) is 7.94. The van der Waals surface area contributed by atoms with E-state index in [1.54, 1.807) is 13.3 Å². The molecule has 2 aromatic rings. The molecule has 1 aromatic heterocycles. The highest BCUT2D eigenvalue weighted by Crippen LogP contribution is 2.32. The number of aromatic nitrogens is 1. The van der Waals surface area contributed by atoms with E-state index in [9.17, 15) is 9.59 Å². The first kappa shape index (κ1) is 19.5. The predicted molar refractivity (Wildman–Crippen MR) is 115 cm³/mol. The first-order valence-electron chi connectivity index (χ1n) is 9.54. The molecule has 1 saturated heterocycles. The monoisotopic (exact) mass is 405 g/mol. The number of benzene rings is 1. The third-order valence-corrected chi connectivity index (χ3v) is 5.28.